The summed E-state index contributed by atoms with van der Waals surface area (Å²) in [6.07, 6.45) is 5.71. The fraction of sp³-hybridized carbons (Fsp3) is 0.444. The van der Waals surface area contributed by atoms with Gasteiger partial charge in [0.1, 0.15) is 5.01 Å². The van der Waals surface area contributed by atoms with Crippen molar-refractivity contribution in [1.82, 2.24) is 15.6 Å². The molecule has 1 fully saturated rings. The van der Waals surface area contributed by atoms with E-state index >= 15 is 0 Å². The van der Waals surface area contributed by atoms with Crippen molar-refractivity contribution in [1.29, 1.82) is 0 Å². The largest absolute Gasteiger partial charge is 0.356 e. The van der Waals surface area contributed by atoms with Crippen molar-refractivity contribution in [2.24, 2.45) is 4.99 Å². The van der Waals surface area contributed by atoms with Crippen LogP contribution in [0.3, 0.4) is 0 Å². The van der Waals surface area contributed by atoms with Gasteiger partial charge in [0, 0.05) is 30.1 Å². The molecule has 0 radical (unpaired) electrons. The highest BCUT2D eigenvalue weighted by Gasteiger charge is 2.38. The van der Waals surface area contributed by atoms with E-state index in [0.29, 0.717) is 0 Å². The summed E-state index contributed by atoms with van der Waals surface area (Å²) in [5, 5.41) is 7.95. The third kappa shape index (κ3) is 3.72. The van der Waals surface area contributed by atoms with E-state index in [2.05, 4.69) is 57.9 Å². The monoisotopic (exact) mass is 328 g/mol. The molecule has 2 aromatic rings. The molecule has 0 atom stereocenters. The van der Waals surface area contributed by atoms with E-state index in [0.717, 1.165) is 24.1 Å². The van der Waals surface area contributed by atoms with Gasteiger partial charge in [0.05, 0.1) is 6.54 Å². The number of aromatic nitrogens is 1. The van der Waals surface area contributed by atoms with Gasteiger partial charge in [-0.05, 0) is 25.3 Å². The van der Waals surface area contributed by atoms with Crippen molar-refractivity contribution in [3.8, 4) is 0 Å². The Bertz CT molecular complexity index is 659. The molecule has 1 aliphatic rings. The van der Waals surface area contributed by atoms with E-state index in [1.54, 1.807) is 11.3 Å². The zero-order valence-electron chi connectivity index (χ0n) is 13.8. The Hall–Kier alpha value is -1.88. The molecular formula is C18H24N4S. The number of nitrogens with zero attached hydrogens (tertiary/aromatic N) is 2. The highest BCUT2D eigenvalue weighted by Crippen LogP contribution is 2.43. The Morgan fingerprint density at radius 1 is 1.26 bits per heavy atom. The van der Waals surface area contributed by atoms with Gasteiger partial charge in [-0.3, -0.25) is 4.99 Å². The second kappa shape index (κ2) is 7.13. The van der Waals surface area contributed by atoms with E-state index in [-0.39, 0.29) is 5.41 Å². The van der Waals surface area contributed by atoms with Gasteiger partial charge in [0.15, 0.2) is 5.96 Å². The lowest BCUT2D eigenvalue weighted by Gasteiger charge is -2.43. The molecule has 1 aromatic heterocycles. The second-order valence-corrected chi connectivity index (χ2v) is 7.46. The first-order valence-electron chi connectivity index (χ1n) is 8.13. The minimum Gasteiger partial charge on any atom is -0.356 e. The highest BCUT2D eigenvalue weighted by molar-refractivity contribution is 7.11. The first-order valence-corrected chi connectivity index (χ1v) is 8.95. The summed E-state index contributed by atoms with van der Waals surface area (Å²) in [4.78, 5) is 9.95. The number of thiazole rings is 1. The topological polar surface area (TPSA) is 49.3 Å². The molecule has 0 bridgehead atoms. The van der Waals surface area contributed by atoms with Crippen LogP contribution in [0.2, 0.25) is 0 Å². The maximum absolute atomic E-state index is 4.38. The molecule has 2 N–H and O–H groups in total. The maximum Gasteiger partial charge on any atom is 0.191 e. The molecule has 4 nitrogen and oxygen atoms in total. The molecule has 1 heterocycles. The lowest BCUT2D eigenvalue weighted by atomic mass is 9.64. The van der Waals surface area contributed by atoms with Crippen LogP contribution < -0.4 is 10.6 Å². The van der Waals surface area contributed by atoms with Gasteiger partial charge < -0.3 is 10.6 Å². The van der Waals surface area contributed by atoms with Gasteiger partial charge in [0.2, 0.25) is 0 Å². The SMILES string of the molecule is CN=C(NCc1ncc(C)s1)NCC1(c2ccccc2)CCC1. The normalized spacial score (nSPS) is 16.7. The Morgan fingerprint density at radius 3 is 2.61 bits per heavy atom. The van der Waals surface area contributed by atoms with Crippen LogP contribution in [0.5, 0.6) is 0 Å². The molecule has 0 amide bonds. The van der Waals surface area contributed by atoms with Crippen LogP contribution in [0.25, 0.3) is 0 Å². The molecule has 0 saturated heterocycles. The number of aryl methyl sites for hydroxylation is 1. The van der Waals surface area contributed by atoms with E-state index in [4.69, 9.17) is 0 Å². The molecule has 1 saturated carbocycles. The van der Waals surface area contributed by atoms with Crippen LogP contribution >= 0.6 is 11.3 Å². The Morgan fingerprint density at radius 2 is 2.04 bits per heavy atom. The first-order chi connectivity index (χ1) is 11.2. The molecule has 3 rings (SSSR count). The molecule has 0 aliphatic heterocycles. The lowest BCUT2D eigenvalue weighted by molar-refractivity contribution is 0.244. The Balaban J connectivity index is 1.57. The summed E-state index contributed by atoms with van der Waals surface area (Å²) < 4.78 is 0. The zero-order chi connectivity index (χ0) is 16.1. The summed E-state index contributed by atoms with van der Waals surface area (Å²) in [6.45, 7) is 3.72. The van der Waals surface area contributed by atoms with Crippen LogP contribution in [0, 0.1) is 6.92 Å². The summed E-state index contributed by atoms with van der Waals surface area (Å²) in [6, 6.07) is 10.8. The van der Waals surface area contributed by atoms with Crippen molar-refractivity contribution in [2.75, 3.05) is 13.6 Å². The molecule has 1 aromatic carbocycles. The van der Waals surface area contributed by atoms with Crippen molar-refractivity contribution >= 4 is 17.3 Å². The van der Waals surface area contributed by atoms with Gasteiger partial charge in [-0.1, -0.05) is 36.8 Å². The van der Waals surface area contributed by atoms with E-state index < -0.39 is 0 Å². The highest BCUT2D eigenvalue weighted by atomic mass is 32.1. The van der Waals surface area contributed by atoms with E-state index in [9.17, 15) is 0 Å². The molecule has 1 aliphatic carbocycles. The third-order valence-corrected chi connectivity index (χ3v) is 5.50. The molecule has 0 spiro atoms. The summed E-state index contributed by atoms with van der Waals surface area (Å²) >= 11 is 1.72. The molecule has 23 heavy (non-hydrogen) atoms. The van der Waals surface area contributed by atoms with Crippen molar-refractivity contribution in [2.45, 2.75) is 38.1 Å². The van der Waals surface area contributed by atoms with Crippen LogP contribution in [-0.2, 0) is 12.0 Å². The quantitative estimate of drug-likeness (QED) is 0.654. The number of aliphatic imine (C=N–C) groups is 1. The maximum atomic E-state index is 4.38. The van der Waals surface area contributed by atoms with E-state index in [1.807, 2.05) is 13.2 Å². The summed E-state index contributed by atoms with van der Waals surface area (Å²) in [7, 11) is 1.82. The van der Waals surface area contributed by atoms with Crippen LogP contribution in [-0.4, -0.2) is 24.5 Å². The minimum atomic E-state index is 0.261. The molecule has 0 unspecified atom stereocenters. The zero-order valence-corrected chi connectivity index (χ0v) is 14.6. The average Bonchev–Trinajstić information content (AvgIpc) is 2.96. The number of hydrogen-bond donors (Lipinski definition) is 2. The van der Waals surface area contributed by atoms with Crippen LogP contribution in [0.1, 0.15) is 34.7 Å². The standard InChI is InChI=1S/C18H24N4S/c1-14-11-20-16(23-14)12-21-17(19-2)22-13-18(9-6-10-18)15-7-4-3-5-8-15/h3-5,7-8,11H,6,9-10,12-13H2,1-2H3,(H2,19,21,22). The fourth-order valence-electron chi connectivity index (χ4n) is 3.08. The van der Waals surface area contributed by atoms with Gasteiger partial charge in [-0.2, -0.15) is 0 Å². The smallest absolute Gasteiger partial charge is 0.191 e. The number of hydrogen-bond acceptors (Lipinski definition) is 3. The molecule has 122 valence electrons. The second-order valence-electron chi connectivity index (χ2n) is 6.14. The number of guanidine groups is 1. The van der Waals surface area contributed by atoms with Gasteiger partial charge in [-0.25, -0.2) is 4.98 Å². The predicted molar refractivity (Wildman–Crippen MR) is 97.0 cm³/mol. The summed E-state index contributed by atoms with van der Waals surface area (Å²) in [5.74, 6) is 0.847. The lowest BCUT2D eigenvalue weighted by Crippen LogP contribution is -2.48. The fourth-order valence-corrected chi connectivity index (χ4v) is 3.81. The average molecular weight is 328 g/mol. The summed E-state index contributed by atoms with van der Waals surface area (Å²) in [5.41, 5.74) is 1.70. The van der Waals surface area contributed by atoms with Gasteiger partial charge in [0.25, 0.3) is 0 Å². The number of rotatable bonds is 5. The third-order valence-electron chi connectivity index (χ3n) is 4.59. The minimum absolute atomic E-state index is 0.261. The van der Waals surface area contributed by atoms with Crippen molar-refractivity contribution < 1.29 is 0 Å². The molecular weight excluding hydrogens is 304 g/mol. The first kappa shape index (κ1) is 16.0. The molecule has 5 heteroatoms. The van der Waals surface area contributed by atoms with Crippen molar-refractivity contribution in [3.63, 3.8) is 0 Å². The van der Waals surface area contributed by atoms with Gasteiger partial charge >= 0.3 is 0 Å². The predicted octanol–water partition coefficient (Wildman–Crippen LogP) is 3.24. The van der Waals surface area contributed by atoms with Crippen LogP contribution in [0.15, 0.2) is 41.5 Å². The van der Waals surface area contributed by atoms with Gasteiger partial charge in [-0.15, -0.1) is 11.3 Å². The Kier molecular flexibility index (Phi) is 4.96. The number of benzene rings is 1. The van der Waals surface area contributed by atoms with Crippen LogP contribution in [0.4, 0.5) is 0 Å². The van der Waals surface area contributed by atoms with Crippen molar-refractivity contribution in [3.05, 3.63) is 52.0 Å². The Labute approximate surface area is 142 Å². The number of nitrogens with one attached hydrogen (secondary N) is 2. The van der Waals surface area contributed by atoms with E-state index in [1.165, 1.54) is 29.7 Å².